The van der Waals surface area contributed by atoms with Gasteiger partial charge < -0.3 is 4.74 Å². The van der Waals surface area contributed by atoms with Gasteiger partial charge in [0.05, 0.1) is 6.61 Å². The highest BCUT2D eigenvalue weighted by molar-refractivity contribution is 6.07. The van der Waals surface area contributed by atoms with E-state index >= 15 is 0 Å². The summed E-state index contributed by atoms with van der Waals surface area (Å²) in [6.07, 6.45) is 8.19. The molecule has 0 atom stereocenters. The first kappa shape index (κ1) is 15.5. The van der Waals surface area contributed by atoms with E-state index in [1.165, 1.54) is 24.0 Å². The van der Waals surface area contributed by atoms with Crippen molar-refractivity contribution in [3.8, 4) is 5.75 Å². The van der Waals surface area contributed by atoms with Crippen LogP contribution in [0, 0.1) is 0 Å². The summed E-state index contributed by atoms with van der Waals surface area (Å²) in [6.45, 7) is 2.57. The molecule has 0 N–H and O–H groups in total. The van der Waals surface area contributed by atoms with E-state index in [4.69, 9.17) is 4.74 Å². The van der Waals surface area contributed by atoms with Crippen LogP contribution in [0.1, 0.15) is 46.8 Å². The molecule has 2 aromatic carbocycles. The summed E-state index contributed by atoms with van der Waals surface area (Å²) >= 11 is 0. The van der Waals surface area contributed by atoms with Crippen LogP contribution in [0.2, 0.25) is 0 Å². The van der Waals surface area contributed by atoms with Gasteiger partial charge in [0.1, 0.15) is 5.75 Å². The summed E-state index contributed by atoms with van der Waals surface area (Å²) in [7, 11) is 0. The van der Waals surface area contributed by atoms with E-state index in [1.54, 1.807) is 6.08 Å². The van der Waals surface area contributed by atoms with Gasteiger partial charge in [-0.2, -0.15) is 0 Å². The Morgan fingerprint density at radius 1 is 1.09 bits per heavy atom. The van der Waals surface area contributed by atoms with E-state index in [9.17, 15) is 4.79 Å². The van der Waals surface area contributed by atoms with Gasteiger partial charge in [-0.25, -0.2) is 0 Å². The topological polar surface area (TPSA) is 26.3 Å². The quantitative estimate of drug-likeness (QED) is 0.582. The standard InChI is InChI=1S/C21H22O2/c1-2-23-21-10-6-5-8-17(21)13-14-20(22)19-12-11-16-7-3-4-9-18(16)15-19/h5-6,8,10-15H,2-4,7,9H2,1H3/b14-13+. The Morgan fingerprint density at radius 3 is 2.70 bits per heavy atom. The van der Waals surface area contributed by atoms with Crippen molar-refractivity contribution in [1.29, 1.82) is 0 Å². The lowest BCUT2D eigenvalue weighted by atomic mass is 9.90. The van der Waals surface area contributed by atoms with E-state index in [1.807, 2.05) is 43.3 Å². The second-order valence-electron chi connectivity index (χ2n) is 5.86. The number of hydrogen-bond donors (Lipinski definition) is 0. The van der Waals surface area contributed by atoms with Crippen LogP contribution >= 0.6 is 0 Å². The number of ether oxygens (including phenoxy) is 1. The first-order valence-electron chi connectivity index (χ1n) is 8.34. The Hall–Kier alpha value is -2.35. The lowest BCUT2D eigenvalue weighted by molar-refractivity contribution is 0.104. The lowest BCUT2D eigenvalue weighted by Crippen LogP contribution is -2.05. The van der Waals surface area contributed by atoms with Crippen molar-refractivity contribution < 1.29 is 9.53 Å². The van der Waals surface area contributed by atoms with E-state index < -0.39 is 0 Å². The molecule has 2 nitrogen and oxygen atoms in total. The maximum Gasteiger partial charge on any atom is 0.185 e. The molecule has 0 aliphatic heterocycles. The van der Waals surface area contributed by atoms with Crippen LogP contribution in [0.15, 0.2) is 48.5 Å². The molecule has 0 radical (unpaired) electrons. The minimum absolute atomic E-state index is 0.0460. The molecule has 0 spiro atoms. The molecule has 0 amide bonds. The Morgan fingerprint density at radius 2 is 1.87 bits per heavy atom. The number of aryl methyl sites for hydroxylation is 2. The van der Waals surface area contributed by atoms with Crippen molar-refractivity contribution in [2.75, 3.05) is 6.61 Å². The van der Waals surface area contributed by atoms with Gasteiger partial charge in [-0.3, -0.25) is 4.79 Å². The molecule has 0 unspecified atom stereocenters. The molecule has 2 heteroatoms. The highest BCUT2D eigenvalue weighted by atomic mass is 16.5. The molecule has 1 aliphatic carbocycles. The summed E-state index contributed by atoms with van der Waals surface area (Å²) in [5.74, 6) is 0.856. The Labute approximate surface area is 137 Å². The monoisotopic (exact) mass is 306 g/mol. The second-order valence-corrected chi connectivity index (χ2v) is 5.86. The molecule has 0 heterocycles. The molecular weight excluding hydrogens is 284 g/mol. The van der Waals surface area contributed by atoms with Crippen LogP contribution in [0.4, 0.5) is 0 Å². The van der Waals surface area contributed by atoms with Gasteiger partial charge in [-0.15, -0.1) is 0 Å². The highest BCUT2D eigenvalue weighted by Gasteiger charge is 2.11. The molecule has 0 fully saturated rings. The van der Waals surface area contributed by atoms with E-state index in [0.717, 1.165) is 29.7 Å². The Bertz CT molecular complexity index is 728. The predicted molar refractivity (Wildman–Crippen MR) is 94.1 cm³/mol. The molecule has 0 saturated heterocycles. The summed E-state index contributed by atoms with van der Waals surface area (Å²) in [4.78, 5) is 12.4. The van der Waals surface area contributed by atoms with Gasteiger partial charge in [0, 0.05) is 11.1 Å². The SMILES string of the molecule is CCOc1ccccc1/C=C/C(=O)c1ccc2c(c1)CCCC2. The van der Waals surface area contributed by atoms with Crippen molar-refractivity contribution in [3.05, 3.63) is 70.8 Å². The third-order valence-electron chi connectivity index (χ3n) is 4.27. The average Bonchev–Trinajstić information content (AvgIpc) is 2.60. The summed E-state index contributed by atoms with van der Waals surface area (Å²) in [5.41, 5.74) is 4.44. The largest absolute Gasteiger partial charge is 0.493 e. The van der Waals surface area contributed by atoms with Crippen molar-refractivity contribution in [2.45, 2.75) is 32.6 Å². The van der Waals surface area contributed by atoms with E-state index in [0.29, 0.717) is 6.61 Å². The van der Waals surface area contributed by atoms with Crippen LogP contribution in [0.25, 0.3) is 6.08 Å². The number of rotatable bonds is 5. The number of carbonyl (C=O) groups excluding carboxylic acids is 1. The first-order valence-corrected chi connectivity index (χ1v) is 8.34. The number of para-hydroxylation sites is 1. The van der Waals surface area contributed by atoms with Crippen LogP contribution < -0.4 is 4.74 Å². The number of fused-ring (bicyclic) bond motifs is 1. The van der Waals surface area contributed by atoms with Crippen molar-refractivity contribution >= 4 is 11.9 Å². The van der Waals surface area contributed by atoms with E-state index in [-0.39, 0.29) is 5.78 Å². The van der Waals surface area contributed by atoms with Gasteiger partial charge in [-0.1, -0.05) is 30.3 Å². The molecule has 0 bridgehead atoms. The Balaban J connectivity index is 1.79. The van der Waals surface area contributed by atoms with Crippen LogP contribution in [-0.2, 0) is 12.8 Å². The zero-order valence-corrected chi connectivity index (χ0v) is 13.5. The Kier molecular flexibility index (Phi) is 4.92. The fourth-order valence-electron chi connectivity index (χ4n) is 3.05. The van der Waals surface area contributed by atoms with Gasteiger partial charge >= 0.3 is 0 Å². The molecule has 3 rings (SSSR count). The molecule has 23 heavy (non-hydrogen) atoms. The molecule has 2 aromatic rings. The zero-order valence-electron chi connectivity index (χ0n) is 13.5. The van der Waals surface area contributed by atoms with Gasteiger partial charge in [0.2, 0.25) is 0 Å². The van der Waals surface area contributed by atoms with E-state index in [2.05, 4.69) is 12.1 Å². The van der Waals surface area contributed by atoms with Crippen molar-refractivity contribution in [2.24, 2.45) is 0 Å². The zero-order chi connectivity index (χ0) is 16.1. The van der Waals surface area contributed by atoms with Crippen LogP contribution in [0.5, 0.6) is 5.75 Å². The fraction of sp³-hybridized carbons (Fsp3) is 0.286. The van der Waals surface area contributed by atoms with Gasteiger partial charge in [-0.05, 0) is 68.0 Å². The van der Waals surface area contributed by atoms with Crippen molar-refractivity contribution in [1.82, 2.24) is 0 Å². The minimum atomic E-state index is 0.0460. The maximum absolute atomic E-state index is 12.4. The first-order chi connectivity index (χ1) is 11.3. The third kappa shape index (κ3) is 3.70. The molecule has 0 aromatic heterocycles. The van der Waals surface area contributed by atoms with Gasteiger partial charge in [0.25, 0.3) is 0 Å². The van der Waals surface area contributed by atoms with Gasteiger partial charge in [0.15, 0.2) is 5.78 Å². The normalized spacial score (nSPS) is 13.8. The number of ketones is 1. The molecular formula is C21H22O2. The minimum Gasteiger partial charge on any atom is -0.493 e. The highest BCUT2D eigenvalue weighted by Crippen LogP contribution is 2.23. The smallest absolute Gasteiger partial charge is 0.185 e. The van der Waals surface area contributed by atoms with Crippen molar-refractivity contribution in [3.63, 3.8) is 0 Å². The average molecular weight is 306 g/mol. The van der Waals surface area contributed by atoms with Crippen LogP contribution in [-0.4, -0.2) is 12.4 Å². The number of allylic oxidation sites excluding steroid dienone is 1. The summed E-state index contributed by atoms with van der Waals surface area (Å²) in [6, 6.07) is 13.9. The number of carbonyl (C=O) groups is 1. The number of benzene rings is 2. The molecule has 1 aliphatic rings. The molecule has 118 valence electrons. The summed E-state index contributed by atoms with van der Waals surface area (Å²) in [5, 5.41) is 0. The maximum atomic E-state index is 12.4. The third-order valence-corrected chi connectivity index (χ3v) is 4.27. The number of hydrogen-bond acceptors (Lipinski definition) is 2. The fourth-order valence-corrected chi connectivity index (χ4v) is 3.05. The molecule has 0 saturated carbocycles. The van der Waals surface area contributed by atoms with Crippen LogP contribution in [0.3, 0.4) is 0 Å². The summed E-state index contributed by atoms with van der Waals surface area (Å²) < 4.78 is 5.59. The lowest BCUT2D eigenvalue weighted by Gasteiger charge is -2.15. The predicted octanol–water partition coefficient (Wildman–Crippen LogP) is 4.86. The second kappa shape index (κ2) is 7.28.